The monoisotopic (exact) mass is 304 g/mol. The third kappa shape index (κ3) is 4.73. The Morgan fingerprint density at radius 1 is 1.45 bits per heavy atom. The molecule has 4 nitrogen and oxygen atoms in total. The van der Waals surface area contributed by atoms with E-state index < -0.39 is 0 Å². The molecule has 1 aromatic rings. The number of carbonyl (C=O) groups excluding carboxylic acids is 1. The van der Waals surface area contributed by atoms with Crippen LogP contribution >= 0.6 is 0 Å². The van der Waals surface area contributed by atoms with Crippen molar-refractivity contribution in [3.63, 3.8) is 0 Å². The first-order valence-corrected chi connectivity index (χ1v) is 8.26. The Bertz CT molecular complexity index is 514. The van der Waals surface area contributed by atoms with Crippen molar-refractivity contribution in [2.75, 3.05) is 26.2 Å². The number of aryl methyl sites for hydroxylation is 1. The summed E-state index contributed by atoms with van der Waals surface area (Å²) in [5.74, 6) is 1.40. The average Bonchev–Trinajstić information content (AvgIpc) is 2.47. The maximum atomic E-state index is 12.2. The van der Waals surface area contributed by atoms with Gasteiger partial charge < -0.3 is 15.3 Å². The minimum atomic E-state index is -0.0518. The fourth-order valence-electron chi connectivity index (χ4n) is 3.14. The van der Waals surface area contributed by atoms with E-state index >= 15 is 0 Å². The smallest absolute Gasteiger partial charge is 0.251 e. The van der Waals surface area contributed by atoms with Gasteiger partial charge in [-0.05, 0) is 61.9 Å². The molecule has 4 heteroatoms. The van der Waals surface area contributed by atoms with Crippen molar-refractivity contribution in [2.24, 2.45) is 11.8 Å². The fraction of sp³-hybridized carbons (Fsp3) is 0.611. The molecule has 2 N–H and O–H groups in total. The van der Waals surface area contributed by atoms with Crippen LogP contribution in [0.15, 0.2) is 18.2 Å². The summed E-state index contributed by atoms with van der Waals surface area (Å²) in [6, 6.07) is 4.98. The molecule has 1 aliphatic heterocycles. The molecule has 1 unspecified atom stereocenters. The number of likely N-dealkylation sites (tertiary alicyclic amines) is 1. The lowest BCUT2D eigenvalue weighted by molar-refractivity contribution is 0.0929. The molecule has 2 rings (SSSR count). The van der Waals surface area contributed by atoms with Crippen molar-refractivity contribution >= 4 is 5.91 Å². The van der Waals surface area contributed by atoms with Crippen LogP contribution in [0.1, 0.15) is 42.6 Å². The summed E-state index contributed by atoms with van der Waals surface area (Å²) in [4.78, 5) is 14.7. The molecular weight excluding hydrogens is 276 g/mol. The number of hydrogen-bond acceptors (Lipinski definition) is 3. The summed E-state index contributed by atoms with van der Waals surface area (Å²) < 4.78 is 0. The van der Waals surface area contributed by atoms with Gasteiger partial charge in [0.1, 0.15) is 5.75 Å². The SMILES string of the molecule is Cc1cc(C(=O)NCC2CCCN(CC(C)C)C2)ccc1O. The number of nitrogens with zero attached hydrogens (tertiary/aromatic N) is 1. The number of benzene rings is 1. The molecule has 22 heavy (non-hydrogen) atoms. The Balaban J connectivity index is 1.84. The number of piperidine rings is 1. The minimum Gasteiger partial charge on any atom is -0.508 e. The summed E-state index contributed by atoms with van der Waals surface area (Å²) in [6.45, 7) is 10.4. The Morgan fingerprint density at radius 3 is 2.91 bits per heavy atom. The van der Waals surface area contributed by atoms with E-state index in [-0.39, 0.29) is 11.7 Å². The number of rotatable bonds is 5. The zero-order valence-electron chi connectivity index (χ0n) is 13.9. The van der Waals surface area contributed by atoms with Gasteiger partial charge in [-0.1, -0.05) is 13.8 Å². The van der Waals surface area contributed by atoms with E-state index in [9.17, 15) is 9.90 Å². The van der Waals surface area contributed by atoms with E-state index in [4.69, 9.17) is 0 Å². The molecule has 0 spiro atoms. The van der Waals surface area contributed by atoms with Crippen molar-refractivity contribution in [3.8, 4) is 5.75 Å². The molecule has 0 bridgehead atoms. The zero-order valence-corrected chi connectivity index (χ0v) is 13.9. The van der Waals surface area contributed by atoms with Gasteiger partial charge in [0, 0.05) is 25.2 Å². The number of amides is 1. The highest BCUT2D eigenvalue weighted by molar-refractivity contribution is 5.94. The Hall–Kier alpha value is -1.55. The predicted octanol–water partition coefficient (Wildman–Crippen LogP) is 2.80. The lowest BCUT2D eigenvalue weighted by Crippen LogP contribution is -2.42. The van der Waals surface area contributed by atoms with E-state index in [1.165, 1.54) is 19.4 Å². The van der Waals surface area contributed by atoms with Gasteiger partial charge >= 0.3 is 0 Å². The largest absolute Gasteiger partial charge is 0.508 e. The maximum absolute atomic E-state index is 12.2. The Labute approximate surface area is 133 Å². The van der Waals surface area contributed by atoms with E-state index in [0.717, 1.165) is 25.2 Å². The maximum Gasteiger partial charge on any atom is 0.251 e. The molecule has 0 radical (unpaired) electrons. The summed E-state index contributed by atoms with van der Waals surface area (Å²) in [5.41, 5.74) is 1.35. The van der Waals surface area contributed by atoms with Crippen LogP contribution in [0.25, 0.3) is 0 Å². The number of aromatic hydroxyl groups is 1. The van der Waals surface area contributed by atoms with Crippen LogP contribution < -0.4 is 5.32 Å². The lowest BCUT2D eigenvalue weighted by Gasteiger charge is -2.33. The molecule has 1 aromatic carbocycles. The number of nitrogens with one attached hydrogen (secondary N) is 1. The van der Waals surface area contributed by atoms with Gasteiger partial charge in [-0.2, -0.15) is 0 Å². The quantitative estimate of drug-likeness (QED) is 0.879. The first-order chi connectivity index (χ1) is 10.5. The summed E-state index contributed by atoms with van der Waals surface area (Å²) in [5, 5.41) is 12.6. The normalized spacial score (nSPS) is 19.4. The zero-order chi connectivity index (χ0) is 16.1. The Morgan fingerprint density at radius 2 is 2.23 bits per heavy atom. The van der Waals surface area contributed by atoms with E-state index in [1.54, 1.807) is 25.1 Å². The van der Waals surface area contributed by atoms with Crippen molar-refractivity contribution in [3.05, 3.63) is 29.3 Å². The van der Waals surface area contributed by atoms with Crippen LogP contribution in [0, 0.1) is 18.8 Å². The summed E-state index contributed by atoms with van der Waals surface area (Å²) in [7, 11) is 0. The first-order valence-electron chi connectivity index (χ1n) is 8.26. The van der Waals surface area contributed by atoms with Gasteiger partial charge in [-0.25, -0.2) is 0 Å². The molecule has 1 amide bonds. The summed E-state index contributed by atoms with van der Waals surface area (Å²) in [6.07, 6.45) is 2.40. The van der Waals surface area contributed by atoms with Crippen LogP contribution in [-0.2, 0) is 0 Å². The van der Waals surface area contributed by atoms with Gasteiger partial charge in [0.15, 0.2) is 0 Å². The fourth-order valence-corrected chi connectivity index (χ4v) is 3.14. The number of phenols is 1. The third-order valence-corrected chi connectivity index (χ3v) is 4.24. The molecule has 0 saturated carbocycles. The molecule has 1 fully saturated rings. The average molecular weight is 304 g/mol. The third-order valence-electron chi connectivity index (χ3n) is 4.24. The highest BCUT2D eigenvalue weighted by Crippen LogP contribution is 2.18. The summed E-state index contributed by atoms with van der Waals surface area (Å²) >= 11 is 0. The topological polar surface area (TPSA) is 52.6 Å². The van der Waals surface area contributed by atoms with Gasteiger partial charge in [0.25, 0.3) is 5.91 Å². The molecular formula is C18H28N2O2. The number of hydrogen-bond donors (Lipinski definition) is 2. The second-order valence-corrected chi connectivity index (χ2v) is 6.87. The van der Waals surface area contributed by atoms with Gasteiger partial charge in [-0.15, -0.1) is 0 Å². The number of carbonyl (C=O) groups is 1. The second kappa shape index (κ2) is 7.63. The van der Waals surface area contributed by atoms with Crippen LogP contribution in [-0.4, -0.2) is 42.1 Å². The highest BCUT2D eigenvalue weighted by Gasteiger charge is 2.21. The van der Waals surface area contributed by atoms with E-state index in [1.807, 2.05) is 0 Å². The van der Waals surface area contributed by atoms with Crippen molar-refractivity contribution in [1.29, 1.82) is 0 Å². The van der Waals surface area contributed by atoms with Crippen LogP contribution in [0.2, 0.25) is 0 Å². The highest BCUT2D eigenvalue weighted by atomic mass is 16.3. The van der Waals surface area contributed by atoms with E-state index in [0.29, 0.717) is 17.4 Å². The molecule has 0 aliphatic carbocycles. The lowest BCUT2D eigenvalue weighted by atomic mass is 9.97. The van der Waals surface area contributed by atoms with Gasteiger partial charge in [0.05, 0.1) is 0 Å². The molecule has 1 aliphatic rings. The van der Waals surface area contributed by atoms with Crippen LogP contribution in [0.4, 0.5) is 0 Å². The molecule has 1 heterocycles. The minimum absolute atomic E-state index is 0.0518. The predicted molar refractivity (Wildman–Crippen MR) is 89.2 cm³/mol. The van der Waals surface area contributed by atoms with Crippen LogP contribution in [0.3, 0.4) is 0 Å². The van der Waals surface area contributed by atoms with Crippen LogP contribution in [0.5, 0.6) is 5.75 Å². The standard InChI is InChI=1S/C18H28N2O2/c1-13(2)11-20-8-4-5-15(12-20)10-19-18(22)16-6-7-17(21)14(3)9-16/h6-7,9,13,15,21H,4-5,8,10-12H2,1-3H3,(H,19,22). The Kier molecular flexibility index (Phi) is 5.83. The molecule has 1 saturated heterocycles. The van der Waals surface area contributed by atoms with Gasteiger partial charge in [-0.3, -0.25) is 4.79 Å². The number of phenolic OH excluding ortho intramolecular Hbond substituents is 1. The molecule has 1 atom stereocenters. The molecule has 122 valence electrons. The van der Waals surface area contributed by atoms with Crippen molar-refractivity contribution in [1.82, 2.24) is 10.2 Å². The second-order valence-electron chi connectivity index (χ2n) is 6.87. The first kappa shape index (κ1) is 16.8. The van der Waals surface area contributed by atoms with Crippen molar-refractivity contribution < 1.29 is 9.90 Å². The van der Waals surface area contributed by atoms with Crippen molar-refractivity contribution in [2.45, 2.75) is 33.6 Å². The van der Waals surface area contributed by atoms with E-state index in [2.05, 4.69) is 24.1 Å². The molecule has 0 aromatic heterocycles. The van der Waals surface area contributed by atoms with Gasteiger partial charge in [0.2, 0.25) is 0 Å².